The highest BCUT2D eigenvalue weighted by Crippen LogP contribution is 2.33. The van der Waals surface area contributed by atoms with Crippen LogP contribution in [0.5, 0.6) is 0 Å². The van der Waals surface area contributed by atoms with Crippen molar-refractivity contribution in [3.8, 4) is 0 Å². The lowest BCUT2D eigenvalue weighted by Gasteiger charge is -2.12. The van der Waals surface area contributed by atoms with E-state index < -0.39 is 0 Å². The van der Waals surface area contributed by atoms with Crippen molar-refractivity contribution in [1.82, 2.24) is 0 Å². The van der Waals surface area contributed by atoms with E-state index in [4.69, 9.17) is 4.74 Å². The van der Waals surface area contributed by atoms with Crippen LogP contribution in [-0.2, 0) is 4.74 Å². The summed E-state index contributed by atoms with van der Waals surface area (Å²) in [4.78, 5) is 0. The molecule has 2 rings (SSSR count). The van der Waals surface area contributed by atoms with E-state index in [0.29, 0.717) is 6.10 Å². The molecule has 0 N–H and O–H groups in total. The minimum absolute atomic E-state index is 0.307. The third kappa shape index (κ3) is 2.92. The minimum atomic E-state index is 0.307. The number of rotatable bonds is 5. The molecule has 1 unspecified atom stereocenters. The molecule has 1 aromatic rings. The second kappa shape index (κ2) is 6.25. The molecular weight excluding hydrogens is 220 g/mol. The highest BCUT2D eigenvalue weighted by atomic mass is 16.5. The van der Waals surface area contributed by atoms with Gasteiger partial charge in [0.15, 0.2) is 0 Å². The SMILES string of the molecule is C=CC/C(=C1\CCC(CC=C)O1)c1ccccc1. The molecule has 1 nitrogen and oxygen atoms in total. The monoisotopic (exact) mass is 240 g/mol. The summed E-state index contributed by atoms with van der Waals surface area (Å²) in [5.74, 6) is 1.13. The third-order valence-corrected chi connectivity index (χ3v) is 3.24. The number of hydrogen-bond donors (Lipinski definition) is 0. The molecule has 1 aromatic carbocycles. The molecule has 0 aliphatic carbocycles. The average Bonchev–Trinajstić information content (AvgIpc) is 2.86. The first kappa shape index (κ1) is 12.7. The molecule has 0 aromatic heterocycles. The summed E-state index contributed by atoms with van der Waals surface area (Å²) < 4.78 is 6.03. The zero-order valence-electron chi connectivity index (χ0n) is 10.8. The first-order chi connectivity index (χ1) is 8.85. The van der Waals surface area contributed by atoms with Gasteiger partial charge >= 0.3 is 0 Å². The van der Waals surface area contributed by atoms with E-state index in [9.17, 15) is 0 Å². The van der Waals surface area contributed by atoms with Gasteiger partial charge in [-0.2, -0.15) is 0 Å². The second-order valence-corrected chi connectivity index (χ2v) is 4.56. The lowest BCUT2D eigenvalue weighted by Crippen LogP contribution is -2.02. The Morgan fingerprint density at radius 1 is 1.22 bits per heavy atom. The second-order valence-electron chi connectivity index (χ2n) is 4.56. The van der Waals surface area contributed by atoms with Gasteiger partial charge in [0, 0.05) is 18.4 Å². The molecule has 0 amide bonds. The van der Waals surface area contributed by atoms with Crippen LogP contribution in [-0.4, -0.2) is 6.10 Å². The van der Waals surface area contributed by atoms with Crippen LogP contribution in [0.3, 0.4) is 0 Å². The van der Waals surface area contributed by atoms with Gasteiger partial charge in [-0.1, -0.05) is 42.5 Å². The summed E-state index contributed by atoms with van der Waals surface area (Å²) >= 11 is 0. The normalized spacial score (nSPS) is 21.2. The molecule has 0 bridgehead atoms. The van der Waals surface area contributed by atoms with E-state index in [1.807, 2.05) is 18.2 Å². The van der Waals surface area contributed by atoms with E-state index in [2.05, 4.69) is 37.4 Å². The zero-order valence-corrected chi connectivity index (χ0v) is 10.8. The molecule has 1 saturated heterocycles. The highest BCUT2D eigenvalue weighted by molar-refractivity contribution is 5.68. The molecule has 18 heavy (non-hydrogen) atoms. The summed E-state index contributed by atoms with van der Waals surface area (Å²) in [6, 6.07) is 10.4. The molecule has 1 heterocycles. The van der Waals surface area contributed by atoms with Gasteiger partial charge in [0.05, 0.1) is 0 Å². The number of hydrogen-bond acceptors (Lipinski definition) is 1. The molecule has 1 heteroatoms. The van der Waals surface area contributed by atoms with Gasteiger partial charge in [0.2, 0.25) is 0 Å². The lowest BCUT2D eigenvalue weighted by molar-refractivity contribution is 0.164. The largest absolute Gasteiger partial charge is 0.494 e. The summed E-state index contributed by atoms with van der Waals surface area (Å²) in [6.07, 6.45) is 8.09. The van der Waals surface area contributed by atoms with Crippen molar-refractivity contribution in [3.63, 3.8) is 0 Å². The van der Waals surface area contributed by atoms with Crippen molar-refractivity contribution >= 4 is 5.57 Å². The van der Waals surface area contributed by atoms with Crippen LogP contribution in [0.1, 0.15) is 31.2 Å². The van der Waals surface area contributed by atoms with Gasteiger partial charge in [0.25, 0.3) is 0 Å². The van der Waals surface area contributed by atoms with E-state index in [0.717, 1.165) is 31.4 Å². The Hall–Kier alpha value is -1.76. The van der Waals surface area contributed by atoms with Gasteiger partial charge < -0.3 is 4.74 Å². The molecule has 0 saturated carbocycles. The molecule has 1 fully saturated rings. The lowest BCUT2D eigenvalue weighted by atomic mass is 10.00. The van der Waals surface area contributed by atoms with E-state index in [1.54, 1.807) is 0 Å². The van der Waals surface area contributed by atoms with Gasteiger partial charge in [-0.15, -0.1) is 13.2 Å². The minimum Gasteiger partial charge on any atom is -0.494 e. The Labute approximate surface area is 109 Å². The fourth-order valence-electron chi connectivity index (χ4n) is 2.36. The van der Waals surface area contributed by atoms with Crippen LogP contribution < -0.4 is 0 Å². The standard InChI is InChI=1S/C17H20O/c1-3-8-15-12-13-17(18-15)16(9-4-2)14-10-6-5-7-11-14/h3-7,10-11,15H,1-2,8-9,12-13H2/b17-16-. The van der Waals surface area contributed by atoms with Crippen LogP contribution in [0.4, 0.5) is 0 Å². The van der Waals surface area contributed by atoms with Gasteiger partial charge in [-0.3, -0.25) is 0 Å². The van der Waals surface area contributed by atoms with Crippen molar-refractivity contribution in [2.75, 3.05) is 0 Å². The van der Waals surface area contributed by atoms with E-state index >= 15 is 0 Å². The molecule has 0 spiro atoms. The predicted molar refractivity (Wildman–Crippen MR) is 77.1 cm³/mol. The Morgan fingerprint density at radius 3 is 2.67 bits per heavy atom. The summed E-state index contributed by atoms with van der Waals surface area (Å²) in [5, 5.41) is 0. The maximum absolute atomic E-state index is 6.03. The summed E-state index contributed by atoms with van der Waals surface area (Å²) in [7, 11) is 0. The van der Waals surface area contributed by atoms with Crippen molar-refractivity contribution in [2.45, 2.75) is 31.8 Å². The van der Waals surface area contributed by atoms with Crippen molar-refractivity contribution in [2.24, 2.45) is 0 Å². The van der Waals surface area contributed by atoms with Gasteiger partial charge in [-0.05, 0) is 18.4 Å². The Bertz CT molecular complexity index is 442. The van der Waals surface area contributed by atoms with E-state index in [1.165, 1.54) is 11.1 Å². The summed E-state index contributed by atoms with van der Waals surface area (Å²) in [6.45, 7) is 7.62. The maximum Gasteiger partial charge on any atom is 0.102 e. The van der Waals surface area contributed by atoms with Crippen molar-refractivity contribution in [3.05, 3.63) is 67.0 Å². The van der Waals surface area contributed by atoms with Crippen LogP contribution in [0.25, 0.3) is 5.57 Å². The fraction of sp³-hybridized carbons (Fsp3) is 0.294. The Morgan fingerprint density at radius 2 is 2.00 bits per heavy atom. The topological polar surface area (TPSA) is 9.23 Å². The third-order valence-electron chi connectivity index (χ3n) is 3.24. The average molecular weight is 240 g/mol. The van der Waals surface area contributed by atoms with Crippen LogP contribution in [0.2, 0.25) is 0 Å². The Kier molecular flexibility index (Phi) is 4.40. The number of benzene rings is 1. The molecule has 0 radical (unpaired) electrons. The molecular formula is C17H20O. The molecule has 1 atom stereocenters. The van der Waals surface area contributed by atoms with Gasteiger partial charge in [-0.25, -0.2) is 0 Å². The van der Waals surface area contributed by atoms with Crippen LogP contribution in [0.15, 0.2) is 61.4 Å². The van der Waals surface area contributed by atoms with E-state index in [-0.39, 0.29) is 0 Å². The van der Waals surface area contributed by atoms with Crippen molar-refractivity contribution in [1.29, 1.82) is 0 Å². The predicted octanol–water partition coefficient (Wildman–Crippen LogP) is 4.73. The molecule has 1 aliphatic rings. The molecule has 94 valence electrons. The highest BCUT2D eigenvalue weighted by Gasteiger charge is 2.22. The van der Waals surface area contributed by atoms with Crippen molar-refractivity contribution < 1.29 is 4.74 Å². The first-order valence-corrected chi connectivity index (χ1v) is 6.51. The first-order valence-electron chi connectivity index (χ1n) is 6.51. The quantitative estimate of drug-likeness (QED) is 0.676. The number of allylic oxidation sites excluding steroid dienone is 3. The van der Waals surface area contributed by atoms with Gasteiger partial charge in [0.1, 0.15) is 11.9 Å². The fourth-order valence-corrected chi connectivity index (χ4v) is 2.36. The smallest absolute Gasteiger partial charge is 0.102 e. The van der Waals surface area contributed by atoms with Crippen LogP contribution in [0, 0.1) is 0 Å². The Balaban J connectivity index is 2.25. The maximum atomic E-state index is 6.03. The number of ether oxygens (including phenoxy) is 1. The van der Waals surface area contributed by atoms with Crippen LogP contribution >= 0.6 is 0 Å². The zero-order chi connectivity index (χ0) is 12.8. The summed E-state index contributed by atoms with van der Waals surface area (Å²) in [5.41, 5.74) is 2.52. The molecule has 1 aliphatic heterocycles.